The highest BCUT2D eigenvalue weighted by atomic mass is 35.5. The van der Waals surface area contributed by atoms with Crippen LogP contribution in [0, 0.1) is 0 Å². The third-order valence-electron chi connectivity index (χ3n) is 2.56. The number of thioether (sulfide) groups is 1. The number of hydrogen-bond donors (Lipinski definition) is 3. The van der Waals surface area contributed by atoms with Gasteiger partial charge in [-0.2, -0.15) is 11.8 Å². The molecule has 0 aromatic heterocycles. The smallest absolute Gasteiger partial charge is 0.326 e. The van der Waals surface area contributed by atoms with E-state index in [9.17, 15) is 9.59 Å². The monoisotopic (exact) mass is 316 g/mol. The Hall–Kier alpha value is -1.40. The van der Waals surface area contributed by atoms with Crippen LogP contribution in [0.3, 0.4) is 0 Å². The van der Waals surface area contributed by atoms with Crippen molar-refractivity contribution in [2.24, 2.45) is 0 Å². The number of aliphatic carboxylic acids is 1. The molecule has 0 saturated heterocycles. The summed E-state index contributed by atoms with van der Waals surface area (Å²) < 4.78 is 0. The van der Waals surface area contributed by atoms with Crippen molar-refractivity contribution < 1.29 is 14.7 Å². The van der Waals surface area contributed by atoms with Gasteiger partial charge in [0, 0.05) is 11.6 Å². The molecule has 3 N–H and O–H groups in total. The summed E-state index contributed by atoms with van der Waals surface area (Å²) in [5, 5.41) is 14.6. The zero-order valence-corrected chi connectivity index (χ0v) is 12.6. The van der Waals surface area contributed by atoms with Crippen LogP contribution in [-0.2, 0) is 11.3 Å². The first kappa shape index (κ1) is 16.7. The third kappa shape index (κ3) is 6.16. The standard InChI is InChI=1S/C13H17ClN2O3S/c1-20-6-5-11(12(17)18)16-13(19)15-8-9-3-2-4-10(14)7-9/h2-4,7,11H,5-6,8H2,1H3,(H,17,18)(H2,15,16,19)/t11-/m1/s1. The Balaban J connectivity index is 2.43. The molecule has 0 bridgehead atoms. The van der Waals surface area contributed by atoms with E-state index in [-0.39, 0.29) is 0 Å². The summed E-state index contributed by atoms with van der Waals surface area (Å²) in [5.41, 5.74) is 0.851. The van der Waals surface area contributed by atoms with Crippen molar-refractivity contribution in [2.75, 3.05) is 12.0 Å². The third-order valence-corrected chi connectivity index (χ3v) is 3.44. The molecule has 0 radical (unpaired) electrons. The van der Waals surface area contributed by atoms with Gasteiger partial charge in [0.15, 0.2) is 0 Å². The first-order valence-corrected chi connectivity index (χ1v) is 7.80. The zero-order chi connectivity index (χ0) is 15.0. The van der Waals surface area contributed by atoms with Crippen molar-refractivity contribution in [3.8, 4) is 0 Å². The average Bonchev–Trinajstić information content (AvgIpc) is 2.41. The van der Waals surface area contributed by atoms with Crippen LogP contribution in [0.5, 0.6) is 0 Å². The second-order valence-electron chi connectivity index (χ2n) is 4.13. The first-order chi connectivity index (χ1) is 9.52. The Kier molecular flexibility index (Phi) is 7.25. The van der Waals surface area contributed by atoms with Crippen molar-refractivity contribution in [2.45, 2.75) is 19.0 Å². The fourth-order valence-electron chi connectivity index (χ4n) is 1.53. The van der Waals surface area contributed by atoms with E-state index in [4.69, 9.17) is 16.7 Å². The molecule has 0 aliphatic heterocycles. The van der Waals surface area contributed by atoms with Gasteiger partial charge in [0.25, 0.3) is 0 Å². The van der Waals surface area contributed by atoms with E-state index in [1.807, 2.05) is 12.3 Å². The maximum Gasteiger partial charge on any atom is 0.326 e. The number of hydrogen-bond acceptors (Lipinski definition) is 3. The minimum absolute atomic E-state index is 0.293. The summed E-state index contributed by atoms with van der Waals surface area (Å²) in [6, 6.07) is 5.73. The highest BCUT2D eigenvalue weighted by molar-refractivity contribution is 7.98. The van der Waals surface area contributed by atoms with Crippen molar-refractivity contribution in [3.63, 3.8) is 0 Å². The van der Waals surface area contributed by atoms with Gasteiger partial charge in [-0.1, -0.05) is 23.7 Å². The molecule has 0 heterocycles. The summed E-state index contributed by atoms with van der Waals surface area (Å²) in [4.78, 5) is 22.6. The summed E-state index contributed by atoms with van der Waals surface area (Å²) in [6.07, 6.45) is 2.28. The van der Waals surface area contributed by atoms with Gasteiger partial charge in [-0.25, -0.2) is 9.59 Å². The minimum atomic E-state index is -1.03. The van der Waals surface area contributed by atoms with E-state index in [0.717, 1.165) is 5.56 Å². The number of halogens is 1. The van der Waals surface area contributed by atoms with Crippen LogP contribution in [0.4, 0.5) is 4.79 Å². The molecule has 2 amide bonds. The van der Waals surface area contributed by atoms with Gasteiger partial charge in [0.1, 0.15) is 6.04 Å². The van der Waals surface area contributed by atoms with E-state index in [1.165, 1.54) is 11.8 Å². The van der Waals surface area contributed by atoms with Crippen LogP contribution in [-0.4, -0.2) is 35.2 Å². The molecule has 0 aliphatic rings. The fraction of sp³-hybridized carbons (Fsp3) is 0.385. The maximum absolute atomic E-state index is 11.7. The molecule has 1 aromatic carbocycles. The van der Waals surface area contributed by atoms with Crippen molar-refractivity contribution in [3.05, 3.63) is 34.9 Å². The van der Waals surface area contributed by atoms with Crippen molar-refractivity contribution in [1.29, 1.82) is 0 Å². The van der Waals surface area contributed by atoms with E-state index >= 15 is 0 Å². The van der Waals surface area contributed by atoms with Gasteiger partial charge < -0.3 is 15.7 Å². The minimum Gasteiger partial charge on any atom is -0.480 e. The molecule has 0 unspecified atom stereocenters. The van der Waals surface area contributed by atoms with Gasteiger partial charge in [-0.15, -0.1) is 0 Å². The molecule has 1 atom stereocenters. The van der Waals surface area contributed by atoms with Gasteiger partial charge in [0.05, 0.1) is 0 Å². The number of rotatable bonds is 7. The predicted molar refractivity (Wildman–Crippen MR) is 81.2 cm³/mol. The van der Waals surface area contributed by atoms with Gasteiger partial charge in [0.2, 0.25) is 0 Å². The highest BCUT2D eigenvalue weighted by Crippen LogP contribution is 2.10. The second-order valence-corrected chi connectivity index (χ2v) is 5.55. The number of carbonyl (C=O) groups is 2. The number of amides is 2. The molecule has 0 saturated carbocycles. The SMILES string of the molecule is CSCC[C@@H](NC(=O)NCc1cccc(Cl)c1)C(=O)O. The topological polar surface area (TPSA) is 78.4 Å². The lowest BCUT2D eigenvalue weighted by Crippen LogP contribution is -2.46. The Bertz CT molecular complexity index is 471. The summed E-state index contributed by atoms with van der Waals surface area (Å²) >= 11 is 7.37. The summed E-state index contributed by atoms with van der Waals surface area (Å²) in [5.74, 6) is -0.358. The van der Waals surface area contributed by atoms with E-state index in [0.29, 0.717) is 23.7 Å². The van der Waals surface area contributed by atoms with E-state index in [1.54, 1.807) is 18.2 Å². The molecule has 5 nitrogen and oxygen atoms in total. The molecule has 7 heteroatoms. The molecular weight excluding hydrogens is 300 g/mol. The van der Waals surface area contributed by atoms with Gasteiger partial charge >= 0.3 is 12.0 Å². The molecule has 0 aliphatic carbocycles. The number of benzene rings is 1. The number of carboxylic acid groups (broad SMARTS) is 1. The lowest BCUT2D eigenvalue weighted by Gasteiger charge is -2.14. The quantitative estimate of drug-likeness (QED) is 0.721. The number of urea groups is 1. The van der Waals surface area contributed by atoms with E-state index < -0.39 is 18.0 Å². The highest BCUT2D eigenvalue weighted by Gasteiger charge is 2.18. The predicted octanol–water partition coefficient (Wildman–Crippen LogP) is 2.35. The Morgan fingerprint density at radius 2 is 2.20 bits per heavy atom. The summed E-state index contributed by atoms with van der Waals surface area (Å²) in [6.45, 7) is 0.293. The zero-order valence-electron chi connectivity index (χ0n) is 11.1. The van der Waals surface area contributed by atoms with Crippen LogP contribution in [0.25, 0.3) is 0 Å². The Labute approximate surface area is 127 Å². The van der Waals surface area contributed by atoms with Gasteiger partial charge in [-0.05, 0) is 36.1 Å². The lowest BCUT2D eigenvalue weighted by molar-refractivity contribution is -0.139. The molecule has 0 fully saturated rings. The number of nitrogens with one attached hydrogen (secondary N) is 2. The second kappa shape index (κ2) is 8.71. The van der Waals surface area contributed by atoms with Crippen molar-refractivity contribution >= 4 is 35.4 Å². The maximum atomic E-state index is 11.7. The molecule has 1 rings (SSSR count). The van der Waals surface area contributed by atoms with Crippen molar-refractivity contribution in [1.82, 2.24) is 10.6 Å². The van der Waals surface area contributed by atoms with Crippen LogP contribution in [0.15, 0.2) is 24.3 Å². The van der Waals surface area contributed by atoms with Crippen LogP contribution in [0.2, 0.25) is 5.02 Å². The average molecular weight is 317 g/mol. The normalized spacial score (nSPS) is 11.7. The lowest BCUT2D eigenvalue weighted by atomic mass is 10.2. The molecule has 0 spiro atoms. The van der Waals surface area contributed by atoms with Gasteiger partial charge in [-0.3, -0.25) is 0 Å². The molecular formula is C13H17ClN2O3S. The Morgan fingerprint density at radius 3 is 2.80 bits per heavy atom. The van der Waals surface area contributed by atoms with Crippen LogP contribution in [0.1, 0.15) is 12.0 Å². The summed E-state index contributed by atoms with van der Waals surface area (Å²) in [7, 11) is 0. The van der Waals surface area contributed by atoms with Crippen LogP contribution < -0.4 is 10.6 Å². The molecule has 110 valence electrons. The Morgan fingerprint density at radius 1 is 1.45 bits per heavy atom. The molecule has 20 heavy (non-hydrogen) atoms. The molecule has 1 aromatic rings. The fourth-order valence-corrected chi connectivity index (χ4v) is 2.22. The largest absolute Gasteiger partial charge is 0.480 e. The number of carbonyl (C=O) groups excluding carboxylic acids is 1. The number of carboxylic acids is 1. The first-order valence-electron chi connectivity index (χ1n) is 6.03. The van der Waals surface area contributed by atoms with E-state index in [2.05, 4.69) is 10.6 Å². The van der Waals surface area contributed by atoms with Crippen LogP contribution >= 0.6 is 23.4 Å².